The van der Waals surface area contributed by atoms with Gasteiger partial charge in [-0.25, -0.2) is 13.2 Å². The molecule has 2 aromatic rings. The lowest BCUT2D eigenvalue weighted by molar-refractivity contribution is 0.435. The first kappa shape index (κ1) is 12.6. The van der Waals surface area contributed by atoms with E-state index in [2.05, 4.69) is 0 Å². The molecule has 2 rings (SSSR count). The fraction of sp³-hybridized carbons (Fsp3) is 0.143. The molecule has 0 amide bonds. The fourth-order valence-electron chi connectivity index (χ4n) is 1.81. The Morgan fingerprint density at radius 2 is 1.56 bits per heavy atom. The molecule has 0 aliphatic carbocycles. The minimum Gasteiger partial charge on any atom is -0.324 e. The van der Waals surface area contributed by atoms with Crippen molar-refractivity contribution < 1.29 is 13.2 Å². The van der Waals surface area contributed by atoms with Gasteiger partial charge in [0.05, 0.1) is 0 Å². The van der Waals surface area contributed by atoms with E-state index in [1.54, 1.807) is 0 Å². The monoisotopic (exact) mass is 251 g/mol. The molecule has 1 atom stereocenters. The van der Waals surface area contributed by atoms with Gasteiger partial charge in [-0.1, -0.05) is 36.4 Å². The van der Waals surface area contributed by atoms with Crippen LogP contribution in [0.3, 0.4) is 0 Å². The van der Waals surface area contributed by atoms with Crippen LogP contribution in [0, 0.1) is 17.5 Å². The first-order valence-corrected chi connectivity index (χ1v) is 5.52. The molecular formula is C14H12F3N. The molecule has 0 saturated heterocycles. The average Bonchev–Trinajstić information content (AvgIpc) is 2.37. The zero-order chi connectivity index (χ0) is 13.1. The molecule has 1 nitrogen and oxygen atoms in total. The van der Waals surface area contributed by atoms with Crippen molar-refractivity contribution in [1.29, 1.82) is 0 Å². The highest BCUT2D eigenvalue weighted by molar-refractivity contribution is 5.26. The molecule has 0 spiro atoms. The van der Waals surface area contributed by atoms with Crippen molar-refractivity contribution in [3.63, 3.8) is 0 Å². The quantitative estimate of drug-likeness (QED) is 0.832. The molecule has 0 radical (unpaired) electrons. The number of hydrogen-bond acceptors (Lipinski definition) is 1. The third-order valence-corrected chi connectivity index (χ3v) is 2.76. The van der Waals surface area contributed by atoms with Crippen molar-refractivity contribution >= 4 is 0 Å². The highest BCUT2D eigenvalue weighted by Crippen LogP contribution is 2.22. The number of benzene rings is 2. The standard InChI is InChI=1S/C14H12F3N/c15-11-7-6-10(13(16)14(11)17)12(18)8-9-4-2-1-3-5-9/h1-7,12H,8,18H2. The number of hydrogen-bond donors (Lipinski definition) is 1. The SMILES string of the molecule is NC(Cc1ccccc1)c1ccc(F)c(F)c1F. The van der Waals surface area contributed by atoms with Crippen LogP contribution in [0.15, 0.2) is 42.5 Å². The van der Waals surface area contributed by atoms with Crippen LogP contribution in [0.2, 0.25) is 0 Å². The summed E-state index contributed by atoms with van der Waals surface area (Å²) in [5.74, 6) is -3.89. The van der Waals surface area contributed by atoms with Gasteiger partial charge in [0.25, 0.3) is 0 Å². The lowest BCUT2D eigenvalue weighted by atomic mass is 9.99. The zero-order valence-electron chi connectivity index (χ0n) is 9.54. The maximum absolute atomic E-state index is 13.5. The normalized spacial score (nSPS) is 12.4. The van der Waals surface area contributed by atoms with Gasteiger partial charge in [0.15, 0.2) is 17.5 Å². The van der Waals surface area contributed by atoms with E-state index in [0.717, 1.165) is 11.6 Å². The smallest absolute Gasteiger partial charge is 0.194 e. The maximum atomic E-state index is 13.5. The molecule has 0 fully saturated rings. The van der Waals surface area contributed by atoms with Crippen molar-refractivity contribution in [2.75, 3.05) is 0 Å². The van der Waals surface area contributed by atoms with Crippen LogP contribution in [0.4, 0.5) is 13.2 Å². The first-order chi connectivity index (χ1) is 8.59. The Morgan fingerprint density at radius 3 is 2.22 bits per heavy atom. The van der Waals surface area contributed by atoms with E-state index in [1.165, 1.54) is 6.07 Å². The first-order valence-electron chi connectivity index (χ1n) is 5.52. The minimum atomic E-state index is -1.48. The van der Waals surface area contributed by atoms with Gasteiger partial charge in [-0.15, -0.1) is 0 Å². The Kier molecular flexibility index (Phi) is 3.67. The number of nitrogens with two attached hydrogens (primary N) is 1. The van der Waals surface area contributed by atoms with Crippen LogP contribution in [-0.4, -0.2) is 0 Å². The van der Waals surface area contributed by atoms with E-state index in [4.69, 9.17) is 5.73 Å². The van der Waals surface area contributed by atoms with Crippen molar-refractivity contribution in [2.24, 2.45) is 5.73 Å². The van der Waals surface area contributed by atoms with Crippen molar-refractivity contribution in [3.05, 3.63) is 71.0 Å². The summed E-state index contributed by atoms with van der Waals surface area (Å²) in [5.41, 5.74) is 6.71. The van der Waals surface area contributed by atoms with E-state index < -0.39 is 23.5 Å². The highest BCUT2D eigenvalue weighted by Gasteiger charge is 2.18. The van der Waals surface area contributed by atoms with E-state index in [9.17, 15) is 13.2 Å². The summed E-state index contributed by atoms with van der Waals surface area (Å²) < 4.78 is 39.4. The van der Waals surface area contributed by atoms with Crippen LogP contribution in [0.5, 0.6) is 0 Å². The Balaban J connectivity index is 2.24. The summed E-state index contributed by atoms with van der Waals surface area (Å²) in [7, 11) is 0. The summed E-state index contributed by atoms with van der Waals surface area (Å²) in [6, 6.07) is 10.6. The molecule has 4 heteroatoms. The second kappa shape index (κ2) is 5.23. The van der Waals surface area contributed by atoms with E-state index in [0.29, 0.717) is 6.42 Å². The maximum Gasteiger partial charge on any atom is 0.194 e. The molecule has 0 aliphatic heterocycles. The molecule has 2 aromatic carbocycles. The second-order valence-electron chi connectivity index (χ2n) is 4.06. The Hall–Kier alpha value is -1.81. The number of rotatable bonds is 3. The molecule has 0 bridgehead atoms. The average molecular weight is 251 g/mol. The number of halogens is 3. The molecule has 18 heavy (non-hydrogen) atoms. The largest absolute Gasteiger partial charge is 0.324 e. The molecule has 0 aromatic heterocycles. The van der Waals surface area contributed by atoms with Crippen LogP contribution < -0.4 is 5.73 Å². The summed E-state index contributed by atoms with van der Waals surface area (Å²) >= 11 is 0. The van der Waals surface area contributed by atoms with Gasteiger partial charge >= 0.3 is 0 Å². The van der Waals surface area contributed by atoms with Crippen LogP contribution in [0.1, 0.15) is 17.2 Å². The molecule has 0 saturated carbocycles. The van der Waals surface area contributed by atoms with Crippen molar-refractivity contribution in [3.8, 4) is 0 Å². The Morgan fingerprint density at radius 1 is 0.889 bits per heavy atom. The van der Waals surface area contributed by atoms with Crippen LogP contribution in [-0.2, 0) is 6.42 Å². The summed E-state index contributed by atoms with van der Waals surface area (Å²) in [6.45, 7) is 0. The van der Waals surface area contributed by atoms with Crippen LogP contribution in [0.25, 0.3) is 0 Å². The molecule has 0 aliphatic rings. The lowest BCUT2D eigenvalue weighted by Gasteiger charge is -2.13. The van der Waals surface area contributed by atoms with Gasteiger partial charge in [0.2, 0.25) is 0 Å². The van der Waals surface area contributed by atoms with Gasteiger partial charge in [-0.3, -0.25) is 0 Å². The molecular weight excluding hydrogens is 239 g/mol. The summed E-state index contributed by atoms with van der Waals surface area (Å²) in [5, 5.41) is 0. The lowest BCUT2D eigenvalue weighted by Crippen LogP contribution is -2.16. The minimum absolute atomic E-state index is 0.0160. The summed E-state index contributed by atoms with van der Waals surface area (Å²) in [4.78, 5) is 0. The predicted molar refractivity (Wildman–Crippen MR) is 63.4 cm³/mol. The molecule has 0 heterocycles. The molecule has 2 N–H and O–H groups in total. The Labute approximate surface area is 103 Å². The van der Waals surface area contributed by atoms with E-state index in [1.807, 2.05) is 30.3 Å². The Bertz CT molecular complexity index is 540. The highest BCUT2D eigenvalue weighted by atomic mass is 19.2. The third-order valence-electron chi connectivity index (χ3n) is 2.76. The molecule has 1 unspecified atom stereocenters. The van der Waals surface area contributed by atoms with E-state index in [-0.39, 0.29) is 5.56 Å². The van der Waals surface area contributed by atoms with Crippen molar-refractivity contribution in [1.82, 2.24) is 0 Å². The van der Waals surface area contributed by atoms with Gasteiger partial charge < -0.3 is 5.73 Å². The zero-order valence-corrected chi connectivity index (χ0v) is 9.54. The fourth-order valence-corrected chi connectivity index (χ4v) is 1.81. The third kappa shape index (κ3) is 2.54. The predicted octanol–water partition coefficient (Wildman–Crippen LogP) is 3.35. The van der Waals surface area contributed by atoms with Gasteiger partial charge in [-0.2, -0.15) is 0 Å². The van der Waals surface area contributed by atoms with E-state index >= 15 is 0 Å². The van der Waals surface area contributed by atoms with Gasteiger partial charge in [0, 0.05) is 11.6 Å². The van der Waals surface area contributed by atoms with Gasteiger partial charge in [0.1, 0.15) is 0 Å². The van der Waals surface area contributed by atoms with Gasteiger partial charge in [-0.05, 0) is 18.1 Å². The summed E-state index contributed by atoms with van der Waals surface area (Å²) in [6.07, 6.45) is 0.364. The molecule has 94 valence electrons. The van der Waals surface area contributed by atoms with Crippen LogP contribution >= 0.6 is 0 Å². The topological polar surface area (TPSA) is 26.0 Å². The second-order valence-corrected chi connectivity index (χ2v) is 4.06. The van der Waals surface area contributed by atoms with Crippen molar-refractivity contribution in [2.45, 2.75) is 12.5 Å².